The van der Waals surface area contributed by atoms with Crippen molar-refractivity contribution in [2.45, 2.75) is 24.5 Å². The van der Waals surface area contributed by atoms with Crippen molar-refractivity contribution in [2.24, 2.45) is 22.9 Å². The van der Waals surface area contributed by atoms with E-state index in [-0.39, 0.29) is 17.9 Å². The predicted molar refractivity (Wildman–Crippen MR) is 88.4 cm³/mol. The third-order valence-corrected chi connectivity index (χ3v) is 2.55. The highest BCUT2D eigenvalue weighted by Gasteiger charge is 2.13. The molecule has 11 nitrogen and oxygen atoms in total. The molecule has 3 atom stereocenters. The van der Waals surface area contributed by atoms with E-state index in [4.69, 9.17) is 32.5 Å². The van der Waals surface area contributed by atoms with Crippen LogP contribution in [0.25, 0.3) is 0 Å². The van der Waals surface area contributed by atoms with Crippen LogP contribution in [0.2, 0.25) is 0 Å². The molecule has 0 aromatic rings. The Morgan fingerprint density at radius 1 is 0.739 bits per heavy atom. The second-order valence-electron chi connectivity index (χ2n) is 3.87. The first-order chi connectivity index (χ1) is 10.4. The molecule has 0 heterocycles. The maximum absolute atomic E-state index is 9.99. The summed E-state index contributed by atoms with van der Waals surface area (Å²) in [7, 11) is 0. The van der Waals surface area contributed by atoms with E-state index in [0.717, 1.165) is 0 Å². The largest absolute Gasteiger partial charge is 0.480 e. The molecule has 0 spiro atoms. The van der Waals surface area contributed by atoms with Crippen molar-refractivity contribution in [1.82, 2.24) is 0 Å². The van der Waals surface area contributed by atoms with Gasteiger partial charge < -0.3 is 38.3 Å². The minimum atomic E-state index is -1.21. The molecule has 0 aliphatic carbocycles. The maximum Gasteiger partial charge on any atom is 0.321 e. The second kappa shape index (κ2) is 15.4. The number of carbonyl (C=O) groups is 4. The van der Waals surface area contributed by atoms with Gasteiger partial charge in [0.25, 0.3) is 0 Å². The minimum absolute atomic E-state index is 0.190. The molecule has 0 aromatic heterocycles. The van der Waals surface area contributed by atoms with Gasteiger partial charge in [-0.05, 0) is 0 Å². The number of thiol groups is 2. The first-order valence-corrected chi connectivity index (χ1v) is 7.12. The van der Waals surface area contributed by atoms with Crippen molar-refractivity contribution in [3.63, 3.8) is 0 Å². The Labute approximate surface area is 143 Å². The fourth-order valence-corrected chi connectivity index (χ4v) is 0.773. The monoisotopic (exact) mass is 374 g/mol. The van der Waals surface area contributed by atoms with E-state index in [9.17, 15) is 19.2 Å². The Balaban J connectivity index is -0.000000264. The van der Waals surface area contributed by atoms with Crippen LogP contribution < -0.4 is 22.9 Å². The number of carbonyl (C=O) groups excluding carboxylic acids is 1. The molecule has 0 fully saturated rings. The lowest BCUT2D eigenvalue weighted by Gasteiger charge is -1.99. The van der Waals surface area contributed by atoms with Gasteiger partial charge in [0.15, 0.2) is 0 Å². The molecule has 0 unspecified atom stereocenters. The molecule has 23 heavy (non-hydrogen) atoms. The maximum atomic E-state index is 9.99. The van der Waals surface area contributed by atoms with Gasteiger partial charge in [-0.15, -0.1) is 0 Å². The molecule has 1 amide bonds. The van der Waals surface area contributed by atoms with Crippen LogP contribution in [0.15, 0.2) is 0 Å². The minimum Gasteiger partial charge on any atom is -0.480 e. The zero-order chi connectivity index (χ0) is 19.2. The lowest BCUT2D eigenvalue weighted by atomic mass is 10.2. The van der Waals surface area contributed by atoms with E-state index in [1.54, 1.807) is 0 Å². The quantitative estimate of drug-likeness (QED) is 0.204. The third kappa shape index (κ3) is 20.5. The van der Waals surface area contributed by atoms with Crippen LogP contribution in [-0.4, -0.2) is 68.8 Å². The highest BCUT2D eigenvalue weighted by molar-refractivity contribution is 7.80. The number of nitrogens with two attached hydrogens (primary N) is 4. The summed E-state index contributed by atoms with van der Waals surface area (Å²) in [5, 5.41) is 24.1. The molecule has 0 aliphatic rings. The van der Waals surface area contributed by atoms with E-state index < -0.39 is 41.9 Å². The molecular formula is C10H22N4O7S2. The van der Waals surface area contributed by atoms with Crippen LogP contribution in [0.5, 0.6) is 0 Å². The molecule has 136 valence electrons. The molecule has 11 N–H and O–H groups in total. The van der Waals surface area contributed by atoms with Crippen molar-refractivity contribution in [1.29, 1.82) is 0 Å². The van der Waals surface area contributed by atoms with Gasteiger partial charge in [0, 0.05) is 11.5 Å². The number of rotatable bonds is 7. The van der Waals surface area contributed by atoms with Crippen molar-refractivity contribution in [3.05, 3.63) is 0 Å². The number of amides is 1. The van der Waals surface area contributed by atoms with E-state index in [1.807, 2.05) is 0 Å². The number of primary amides is 1. The van der Waals surface area contributed by atoms with Crippen molar-refractivity contribution in [2.75, 3.05) is 11.5 Å². The predicted octanol–water partition coefficient (Wildman–Crippen LogP) is -3.07. The average Bonchev–Trinajstić information content (AvgIpc) is 2.45. The van der Waals surface area contributed by atoms with E-state index in [2.05, 4.69) is 31.0 Å². The van der Waals surface area contributed by atoms with Gasteiger partial charge in [0.05, 0.1) is 6.42 Å². The van der Waals surface area contributed by atoms with Crippen LogP contribution in [-0.2, 0) is 19.2 Å². The summed E-state index contributed by atoms with van der Waals surface area (Å²) in [6.45, 7) is 0. The summed E-state index contributed by atoms with van der Waals surface area (Å²) in [4.78, 5) is 39.4. The van der Waals surface area contributed by atoms with Crippen LogP contribution in [0, 0.1) is 0 Å². The summed E-state index contributed by atoms with van der Waals surface area (Å²) in [6, 6.07) is -2.80. The van der Waals surface area contributed by atoms with Gasteiger partial charge in [-0.1, -0.05) is 0 Å². The van der Waals surface area contributed by atoms with Gasteiger partial charge in [0.1, 0.15) is 18.1 Å². The van der Waals surface area contributed by atoms with Crippen LogP contribution in [0.1, 0.15) is 6.42 Å². The molecule has 0 rings (SSSR count). The van der Waals surface area contributed by atoms with Gasteiger partial charge >= 0.3 is 17.9 Å². The normalized spacial score (nSPS) is 13.1. The van der Waals surface area contributed by atoms with E-state index in [1.165, 1.54) is 0 Å². The zero-order valence-electron chi connectivity index (χ0n) is 12.0. The first kappa shape index (κ1) is 26.4. The zero-order valence-corrected chi connectivity index (χ0v) is 13.8. The Hall–Kier alpha value is -1.54. The highest BCUT2D eigenvalue weighted by atomic mass is 32.1. The topological polar surface area (TPSA) is 233 Å². The number of aliphatic carboxylic acids is 3. The Morgan fingerprint density at radius 2 is 1.00 bits per heavy atom. The summed E-state index contributed by atoms with van der Waals surface area (Å²) in [6.07, 6.45) is -0.310. The molecule has 0 saturated heterocycles. The second-order valence-corrected chi connectivity index (χ2v) is 4.60. The lowest BCUT2D eigenvalue weighted by Crippen LogP contribution is -2.34. The van der Waals surface area contributed by atoms with Gasteiger partial charge in [-0.3, -0.25) is 19.2 Å². The van der Waals surface area contributed by atoms with Crippen molar-refractivity contribution >= 4 is 49.1 Å². The van der Waals surface area contributed by atoms with Crippen LogP contribution in [0.4, 0.5) is 0 Å². The number of carboxylic acids is 3. The standard InChI is InChI=1S/C4H8N2O3.2C3H7NO2S/c5-2(4(8)9)1-3(6)7;2*4-2(1-7)3(5)6/h2H,1,5H2,(H2,6,7)(H,8,9);2*2,7H,1,4H2,(H,5,6)/t3*2-/m000/s1. The number of hydrogen-bond donors (Lipinski definition) is 9. The summed E-state index contributed by atoms with van der Waals surface area (Å²) in [5.41, 5.74) is 19.4. The molecule has 0 aromatic carbocycles. The molecule has 0 radical (unpaired) electrons. The average molecular weight is 374 g/mol. The molecule has 13 heteroatoms. The summed E-state index contributed by atoms with van der Waals surface area (Å²) < 4.78 is 0. The van der Waals surface area contributed by atoms with Gasteiger partial charge in [-0.2, -0.15) is 25.3 Å². The summed E-state index contributed by atoms with van der Waals surface area (Å²) in [5.74, 6) is -3.55. The number of carboxylic acid groups (broad SMARTS) is 3. The Kier molecular flexibility index (Phi) is 17.6. The van der Waals surface area contributed by atoms with Crippen molar-refractivity contribution in [3.8, 4) is 0 Å². The van der Waals surface area contributed by atoms with E-state index >= 15 is 0 Å². The fourth-order valence-electron chi connectivity index (χ4n) is 0.460. The van der Waals surface area contributed by atoms with Gasteiger partial charge in [0.2, 0.25) is 5.91 Å². The molecular weight excluding hydrogens is 352 g/mol. The van der Waals surface area contributed by atoms with Crippen molar-refractivity contribution < 1.29 is 34.5 Å². The summed E-state index contributed by atoms with van der Waals surface area (Å²) >= 11 is 7.30. The van der Waals surface area contributed by atoms with Gasteiger partial charge in [-0.25, -0.2) is 0 Å². The first-order valence-electron chi connectivity index (χ1n) is 5.85. The Morgan fingerprint density at radius 3 is 1.04 bits per heavy atom. The van der Waals surface area contributed by atoms with Crippen LogP contribution >= 0.6 is 25.3 Å². The highest BCUT2D eigenvalue weighted by Crippen LogP contribution is 1.84. The molecule has 0 bridgehead atoms. The fraction of sp³-hybridized carbons (Fsp3) is 0.600. The third-order valence-electron chi connectivity index (χ3n) is 1.77. The number of hydrogen-bond acceptors (Lipinski definition) is 9. The molecule has 0 aliphatic heterocycles. The van der Waals surface area contributed by atoms with E-state index in [0.29, 0.717) is 0 Å². The smallest absolute Gasteiger partial charge is 0.321 e. The SMILES string of the molecule is NC(=O)C[C@H](N)C(=O)O.N[C@@H](CS)C(=O)O.N[C@@H](CS)C(=O)O. The Bertz CT molecular complexity index is 377. The van der Waals surface area contributed by atoms with Crippen LogP contribution in [0.3, 0.4) is 0 Å². The lowest BCUT2D eigenvalue weighted by molar-refractivity contribution is -0.140. The molecule has 0 saturated carbocycles.